The van der Waals surface area contributed by atoms with Crippen LogP contribution in [-0.2, 0) is 44.1 Å². The van der Waals surface area contributed by atoms with Crippen molar-refractivity contribution < 1.29 is 81.7 Å². The van der Waals surface area contributed by atoms with Crippen LogP contribution in [-0.4, -0.2) is 75.5 Å². The molecule has 2 aromatic heterocycles. The van der Waals surface area contributed by atoms with E-state index in [0.717, 1.165) is 0 Å². The third-order valence-corrected chi connectivity index (χ3v) is 7.96. The van der Waals surface area contributed by atoms with Crippen LogP contribution in [0.25, 0.3) is 11.2 Å². The Morgan fingerprint density at radius 3 is 2.66 bits per heavy atom. The van der Waals surface area contributed by atoms with Crippen LogP contribution >= 0.6 is 8.17 Å². The van der Waals surface area contributed by atoms with Gasteiger partial charge in [-0.3, -0.25) is 28.5 Å². The minimum Gasteiger partial charge on any atom is -0.598 e. The molecule has 1 aromatic carbocycles. The summed E-state index contributed by atoms with van der Waals surface area (Å²) >= 11 is 0. The van der Waals surface area contributed by atoms with Gasteiger partial charge in [0.05, 0.1) is 19.9 Å². The molecule has 2 aliphatic heterocycles. The van der Waals surface area contributed by atoms with Crippen LogP contribution in [0.5, 0.6) is 5.75 Å². The first-order valence-corrected chi connectivity index (χ1v) is 14.2. The van der Waals surface area contributed by atoms with Gasteiger partial charge in [-0.2, -0.15) is 14.0 Å². The second-order valence-electron chi connectivity index (χ2n) is 9.55. The van der Waals surface area contributed by atoms with E-state index in [1.165, 1.54) is 30.1 Å². The fourth-order valence-corrected chi connectivity index (χ4v) is 5.98. The van der Waals surface area contributed by atoms with Crippen LogP contribution in [0.1, 0.15) is 24.6 Å². The number of imidazole rings is 1. The Kier molecular flexibility index (Phi) is 10.6. The molecule has 0 amide bonds. The predicted molar refractivity (Wildman–Crippen MR) is 139 cm³/mol. The molecule has 0 bridgehead atoms. The van der Waals surface area contributed by atoms with Gasteiger partial charge in [-0.1, -0.05) is 12.1 Å². The third-order valence-electron chi connectivity index (χ3n) is 6.56. The number of hydrogen-bond acceptors (Lipinski definition) is 16. The summed E-state index contributed by atoms with van der Waals surface area (Å²) in [5.74, 6) is -3.11. The molecule has 0 saturated carbocycles. The number of aromatic nitrogens is 4. The monoisotopic (exact) mass is 644 g/mol. The molecule has 2 aliphatic rings. The summed E-state index contributed by atoms with van der Waals surface area (Å²) in [5.41, 5.74) is 11.4. The fourth-order valence-electron chi connectivity index (χ4n) is 4.56. The molecule has 20 heteroatoms. The number of aromatic amines is 1. The van der Waals surface area contributed by atoms with Crippen molar-refractivity contribution in [2.75, 3.05) is 19.5 Å². The number of benzene rings is 1. The zero-order valence-electron chi connectivity index (χ0n) is 23.4. The van der Waals surface area contributed by atoms with Gasteiger partial charge in [0.2, 0.25) is 5.95 Å². The molecule has 2 fully saturated rings. The molecule has 4 heterocycles. The van der Waals surface area contributed by atoms with Crippen LogP contribution in [0.3, 0.4) is 0 Å². The summed E-state index contributed by atoms with van der Waals surface area (Å²) in [7, 11) is -3.11. The van der Waals surface area contributed by atoms with E-state index in [4.69, 9.17) is 34.5 Å². The summed E-state index contributed by atoms with van der Waals surface area (Å²) in [5, 5.41) is 10.9. The molecule has 3 aromatic rings. The van der Waals surface area contributed by atoms with Crippen LogP contribution in [0, 0.1) is 0 Å². The van der Waals surface area contributed by atoms with Crippen molar-refractivity contribution in [3.63, 3.8) is 0 Å². The fraction of sp³-hybridized carbons (Fsp3) is 0.417. The second kappa shape index (κ2) is 13.8. The van der Waals surface area contributed by atoms with Crippen molar-refractivity contribution in [2.24, 2.45) is 5.73 Å². The molecular formula is C24H26N6NaO12P. The number of ether oxygens (including phenoxy) is 3. The molecular weight excluding hydrogens is 618 g/mol. The number of nitrogens with two attached hydrogens (primary N) is 2. The van der Waals surface area contributed by atoms with E-state index >= 15 is 0 Å². The van der Waals surface area contributed by atoms with Gasteiger partial charge in [-0.25, -0.2) is 4.98 Å². The molecule has 6 atom stereocenters. The number of aliphatic carboxylic acids is 1. The third kappa shape index (κ3) is 7.36. The molecule has 5 rings (SSSR count). The smallest absolute Gasteiger partial charge is 0.598 e. The zero-order chi connectivity index (χ0) is 30.9. The molecule has 1 unspecified atom stereocenters. The number of nitrogen functional groups attached to an aromatic ring is 1. The quantitative estimate of drug-likeness (QED) is 0.106. The van der Waals surface area contributed by atoms with Crippen molar-refractivity contribution in [1.82, 2.24) is 19.5 Å². The first kappa shape index (κ1) is 33.7. The Labute approximate surface area is 270 Å². The molecule has 44 heavy (non-hydrogen) atoms. The number of nitrogens with one attached hydrogen (secondary N) is 1. The number of fused-ring (bicyclic) bond motifs is 2. The molecule has 2 saturated heterocycles. The van der Waals surface area contributed by atoms with E-state index in [2.05, 4.69) is 19.7 Å². The number of nitrogens with zero attached hydrogens (tertiary/aromatic N) is 3. The molecule has 230 valence electrons. The Morgan fingerprint density at radius 1 is 1.25 bits per heavy atom. The van der Waals surface area contributed by atoms with Crippen molar-refractivity contribution in [3.05, 3.63) is 46.5 Å². The largest absolute Gasteiger partial charge is 1.00 e. The van der Waals surface area contributed by atoms with Gasteiger partial charge in [0.25, 0.3) is 5.56 Å². The van der Waals surface area contributed by atoms with Gasteiger partial charge in [0.1, 0.15) is 18.8 Å². The number of anilines is 1. The van der Waals surface area contributed by atoms with Crippen molar-refractivity contribution in [2.45, 2.75) is 49.8 Å². The number of H-pyrrole nitrogens is 1. The summed E-state index contributed by atoms with van der Waals surface area (Å²) in [6.07, 6.45) is -4.51. The van der Waals surface area contributed by atoms with Gasteiger partial charge >= 0.3 is 49.7 Å². The maximum atomic E-state index is 13.6. The van der Waals surface area contributed by atoms with Gasteiger partial charge in [0, 0.05) is 5.97 Å². The van der Waals surface area contributed by atoms with Crippen molar-refractivity contribution in [3.8, 4) is 5.75 Å². The van der Waals surface area contributed by atoms with Crippen LogP contribution in [0.4, 0.5) is 5.95 Å². The Balaban J connectivity index is 0.00000442. The number of phosphoric ester groups is 1. The molecule has 0 aliphatic carbocycles. The number of carbonyl (C=O) groups is 3. The second-order valence-corrected chi connectivity index (χ2v) is 11.1. The van der Waals surface area contributed by atoms with Crippen molar-refractivity contribution >= 4 is 43.2 Å². The van der Waals surface area contributed by atoms with Gasteiger partial charge in [-0.05, 0) is 30.5 Å². The normalized spacial score (nSPS) is 25.0. The van der Waals surface area contributed by atoms with E-state index in [-0.39, 0.29) is 65.4 Å². The van der Waals surface area contributed by atoms with E-state index in [0.29, 0.717) is 5.56 Å². The maximum Gasteiger partial charge on any atom is 1.00 e. The topological polar surface area (TPSA) is 268 Å². The Bertz CT molecular complexity index is 1590. The summed E-state index contributed by atoms with van der Waals surface area (Å²) in [4.78, 5) is 71.3. The maximum absolute atomic E-state index is 13.6. The number of hydrogen-bond donors (Lipinski definition) is 3. The zero-order valence-corrected chi connectivity index (χ0v) is 26.3. The Morgan fingerprint density at radius 2 is 1.98 bits per heavy atom. The Hall–Kier alpha value is -3.19. The van der Waals surface area contributed by atoms with Crippen molar-refractivity contribution in [1.29, 1.82) is 0 Å². The molecule has 0 spiro atoms. The minimum atomic E-state index is -4.34. The standard InChI is InChI=1S/C24H27N6O12P.Na/c1-37-23(35)13(25)8-11-2-4-12(5-3-11)41-43(36)38-9-14-18(42-43)19(40-16(33)7-6-15(31)32)22(39-14)30-10-27-17-20(30)28-24(26)29-21(17)34;/h2-5,10,13-14,18-19,22H,6-9,25H2,1H3,(H,31,32)(H3,26,28,29,34);/q;+1/p-1/t13-,14+,18+,19+,22+,43?;/m0./s1. The van der Waals surface area contributed by atoms with E-state index in [1.807, 2.05) is 0 Å². The number of carboxylic acids is 1. The number of phosphoric acid groups is 1. The van der Waals surface area contributed by atoms with Gasteiger partial charge in [-0.15, -0.1) is 0 Å². The molecule has 18 nitrogen and oxygen atoms in total. The number of rotatable bonds is 10. The summed E-state index contributed by atoms with van der Waals surface area (Å²) < 4.78 is 34.1. The SMILES string of the molecule is COC(=O)[C@@H](N)Cc1ccc(O[P+]2([O-])OC[C@H]3O[C@@H](n4cnc5c(=O)[nH]c(N)nc54)[C@H](OC(=O)CCC(=O)[O-])[C@@H]3O2)cc1.[Na+]. The summed E-state index contributed by atoms with van der Waals surface area (Å²) in [6.45, 7) is -0.319. The van der Waals surface area contributed by atoms with Crippen LogP contribution in [0.2, 0.25) is 0 Å². The van der Waals surface area contributed by atoms with E-state index in [1.54, 1.807) is 12.1 Å². The number of methoxy groups -OCH3 is 1. The van der Waals surface area contributed by atoms with Gasteiger partial charge in [0.15, 0.2) is 35.3 Å². The van der Waals surface area contributed by atoms with Gasteiger partial charge < -0.3 is 40.5 Å². The average Bonchev–Trinajstić information content (AvgIpc) is 3.53. The van der Waals surface area contributed by atoms with Crippen LogP contribution < -0.4 is 61.1 Å². The number of esters is 2. The van der Waals surface area contributed by atoms with E-state index < -0.39 is 75.1 Å². The van der Waals surface area contributed by atoms with Crippen LogP contribution in [0.15, 0.2) is 35.4 Å². The van der Waals surface area contributed by atoms with E-state index in [9.17, 15) is 29.2 Å². The molecule has 5 N–H and O–H groups in total. The summed E-state index contributed by atoms with van der Waals surface area (Å²) in [6, 6.07) is 5.25. The predicted octanol–water partition coefficient (Wildman–Crippen LogP) is -5.38. The first-order valence-electron chi connectivity index (χ1n) is 12.8. The number of carbonyl (C=O) groups excluding carboxylic acids is 3. The average molecular weight is 644 g/mol. The first-order chi connectivity index (χ1) is 20.5. The molecule has 0 radical (unpaired) electrons. The minimum absolute atomic E-state index is 0. The number of carboxylic acid groups (broad SMARTS) is 1.